The Morgan fingerprint density at radius 3 is 2.90 bits per heavy atom. The fraction of sp³-hybridized carbons (Fsp3) is 0.143. The molecule has 0 bridgehead atoms. The van der Waals surface area contributed by atoms with Gasteiger partial charge in [-0.25, -0.2) is 13.8 Å². The van der Waals surface area contributed by atoms with Crippen molar-refractivity contribution in [1.29, 1.82) is 0 Å². The molecule has 0 atom stereocenters. The highest BCUT2D eigenvalue weighted by molar-refractivity contribution is 7.16. The first-order valence-corrected chi connectivity index (χ1v) is 6.74. The van der Waals surface area contributed by atoms with E-state index in [-0.39, 0.29) is 12.2 Å². The first-order chi connectivity index (χ1) is 10.1. The summed E-state index contributed by atoms with van der Waals surface area (Å²) in [6, 6.07) is 2.89. The molecule has 108 valence electrons. The Bertz CT molecular complexity index is 719. The molecule has 21 heavy (non-hydrogen) atoms. The molecule has 0 aliphatic rings. The number of aliphatic hydroxyl groups excluding tert-OH is 1. The SMILES string of the molecule is O=C(Nc1ncc(C#CCCO)s1)c1ccc(F)c(F)c1. The molecule has 0 spiro atoms. The number of hydrogen-bond acceptors (Lipinski definition) is 4. The molecule has 0 saturated heterocycles. The average Bonchev–Trinajstić information content (AvgIpc) is 2.89. The monoisotopic (exact) mass is 308 g/mol. The van der Waals surface area contributed by atoms with Gasteiger partial charge >= 0.3 is 0 Å². The van der Waals surface area contributed by atoms with E-state index in [0.717, 1.165) is 23.5 Å². The van der Waals surface area contributed by atoms with Crippen molar-refractivity contribution in [2.75, 3.05) is 11.9 Å². The highest BCUT2D eigenvalue weighted by atomic mass is 32.1. The number of anilines is 1. The topological polar surface area (TPSA) is 62.2 Å². The highest BCUT2D eigenvalue weighted by Gasteiger charge is 2.11. The summed E-state index contributed by atoms with van der Waals surface area (Å²) in [7, 11) is 0. The van der Waals surface area contributed by atoms with Gasteiger partial charge < -0.3 is 5.11 Å². The predicted molar refractivity (Wildman–Crippen MR) is 75.0 cm³/mol. The van der Waals surface area contributed by atoms with Gasteiger partial charge in [0.25, 0.3) is 5.91 Å². The molecule has 2 N–H and O–H groups in total. The Morgan fingerprint density at radius 1 is 1.38 bits per heavy atom. The van der Waals surface area contributed by atoms with Gasteiger partial charge in [-0.1, -0.05) is 23.2 Å². The van der Waals surface area contributed by atoms with Crippen LogP contribution in [0, 0.1) is 23.5 Å². The average molecular weight is 308 g/mol. The number of hydrogen-bond donors (Lipinski definition) is 2. The van der Waals surface area contributed by atoms with Gasteiger partial charge in [-0.2, -0.15) is 0 Å². The molecule has 1 aromatic carbocycles. The maximum absolute atomic E-state index is 13.0. The normalized spacial score (nSPS) is 9.86. The molecule has 0 saturated carbocycles. The second-order valence-electron chi connectivity index (χ2n) is 3.89. The Labute approximate surface area is 123 Å². The van der Waals surface area contributed by atoms with E-state index in [1.165, 1.54) is 12.3 Å². The van der Waals surface area contributed by atoms with E-state index in [1.54, 1.807) is 0 Å². The Hall–Kier alpha value is -2.30. The third kappa shape index (κ3) is 4.08. The van der Waals surface area contributed by atoms with Gasteiger partial charge in [0.2, 0.25) is 0 Å². The van der Waals surface area contributed by atoms with E-state index >= 15 is 0 Å². The number of amides is 1. The quantitative estimate of drug-likeness (QED) is 0.856. The van der Waals surface area contributed by atoms with Crippen LogP contribution < -0.4 is 5.32 Å². The molecule has 0 aliphatic heterocycles. The summed E-state index contributed by atoms with van der Waals surface area (Å²) < 4.78 is 25.8. The van der Waals surface area contributed by atoms with E-state index in [0.29, 0.717) is 16.4 Å². The van der Waals surface area contributed by atoms with Crippen LogP contribution in [0.2, 0.25) is 0 Å². The third-order valence-electron chi connectivity index (χ3n) is 2.36. The van der Waals surface area contributed by atoms with Crippen molar-refractivity contribution >= 4 is 22.4 Å². The molecule has 2 rings (SSSR count). The van der Waals surface area contributed by atoms with Gasteiger partial charge in [-0.15, -0.1) is 0 Å². The summed E-state index contributed by atoms with van der Waals surface area (Å²) >= 11 is 1.15. The molecule has 2 aromatic rings. The van der Waals surface area contributed by atoms with Crippen molar-refractivity contribution in [2.24, 2.45) is 0 Å². The molecule has 0 unspecified atom stereocenters. The number of thiazole rings is 1. The van der Waals surface area contributed by atoms with E-state index in [9.17, 15) is 13.6 Å². The number of aromatic nitrogens is 1. The van der Waals surface area contributed by atoms with Gasteiger partial charge in [0.15, 0.2) is 16.8 Å². The minimum absolute atomic E-state index is 0.00276. The van der Waals surface area contributed by atoms with E-state index in [1.807, 2.05) is 0 Å². The Morgan fingerprint density at radius 2 is 2.19 bits per heavy atom. The lowest BCUT2D eigenvalue weighted by Gasteiger charge is -2.01. The van der Waals surface area contributed by atoms with Crippen molar-refractivity contribution < 1.29 is 18.7 Å². The lowest BCUT2D eigenvalue weighted by Crippen LogP contribution is -2.12. The summed E-state index contributed by atoms with van der Waals surface area (Å²) in [6.07, 6.45) is 1.84. The van der Waals surface area contributed by atoms with E-state index in [2.05, 4.69) is 22.1 Å². The van der Waals surface area contributed by atoms with Gasteiger partial charge in [-0.3, -0.25) is 10.1 Å². The van der Waals surface area contributed by atoms with E-state index in [4.69, 9.17) is 5.11 Å². The highest BCUT2D eigenvalue weighted by Crippen LogP contribution is 2.18. The van der Waals surface area contributed by atoms with Crippen molar-refractivity contribution in [3.63, 3.8) is 0 Å². The van der Waals surface area contributed by atoms with Crippen LogP contribution in [0.25, 0.3) is 0 Å². The van der Waals surface area contributed by atoms with Crippen LogP contribution in [0.4, 0.5) is 13.9 Å². The smallest absolute Gasteiger partial charge is 0.257 e. The molecule has 0 fully saturated rings. The number of nitrogens with one attached hydrogen (secondary N) is 1. The molecule has 7 heteroatoms. The van der Waals surface area contributed by atoms with Crippen LogP contribution in [-0.4, -0.2) is 22.6 Å². The fourth-order valence-electron chi connectivity index (χ4n) is 1.40. The van der Waals surface area contributed by atoms with Crippen LogP contribution in [0.3, 0.4) is 0 Å². The number of benzene rings is 1. The van der Waals surface area contributed by atoms with Gasteiger partial charge in [0.1, 0.15) is 0 Å². The molecular weight excluding hydrogens is 298 g/mol. The molecule has 4 nitrogen and oxygen atoms in total. The van der Waals surface area contributed by atoms with Crippen molar-refractivity contribution in [1.82, 2.24) is 4.98 Å². The lowest BCUT2D eigenvalue weighted by atomic mass is 10.2. The number of rotatable bonds is 3. The van der Waals surface area contributed by atoms with Crippen LogP contribution in [-0.2, 0) is 0 Å². The van der Waals surface area contributed by atoms with Gasteiger partial charge in [-0.05, 0) is 18.2 Å². The lowest BCUT2D eigenvalue weighted by molar-refractivity contribution is 0.102. The Balaban J connectivity index is 2.06. The van der Waals surface area contributed by atoms with Gasteiger partial charge in [0.05, 0.1) is 17.7 Å². The zero-order valence-corrected chi connectivity index (χ0v) is 11.5. The van der Waals surface area contributed by atoms with Crippen molar-refractivity contribution in [3.05, 3.63) is 46.5 Å². The molecule has 1 amide bonds. The second kappa shape index (κ2) is 6.92. The first-order valence-electron chi connectivity index (χ1n) is 5.92. The summed E-state index contributed by atoms with van der Waals surface area (Å²) in [5.41, 5.74) is -0.00276. The number of aliphatic hydroxyl groups is 1. The maximum Gasteiger partial charge on any atom is 0.257 e. The predicted octanol–water partition coefficient (Wildman–Crippen LogP) is 2.41. The first kappa shape index (κ1) is 15.1. The number of nitrogens with zero attached hydrogens (tertiary/aromatic N) is 1. The molecule has 1 heterocycles. The molecule has 0 radical (unpaired) electrons. The number of halogens is 2. The summed E-state index contributed by atoms with van der Waals surface area (Å²) in [6.45, 7) is -0.0223. The van der Waals surface area contributed by atoms with Crippen LogP contribution in [0.15, 0.2) is 24.4 Å². The second-order valence-corrected chi connectivity index (χ2v) is 4.92. The Kier molecular flexibility index (Phi) is 4.98. The summed E-state index contributed by atoms with van der Waals surface area (Å²) in [4.78, 5) is 16.4. The largest absolute Gasteiger partial charge is 0.395 e. The standard InChI is InChI=1S/C14H10F2N2O2S/c15-11-5-4-9(7-12(11)16)13(20)18-14-17-8-10(21-14)3-1-2-6-19/h4-5,7-8,19H,2,6H2,(H,17,18,20). The molecular formula is C14H10F2N2O2S. The zero-order chi connectivity index (χ0) is 15.2. The molecule has 1 aromatic heterocycles. The van der Waals surface area contributed by atoms with Crippen LogP contribution in [0.1, 0.15) is 21.7 Å². The summed E-state index contributed by atoms with van der Waals surface area (Å²) in [5.74, 6) is 2.83. The van der Waals surface area contributed by atoms with Gasteiger partial charge in [0, 0.05) is 12.0 Å². The number of carbonyl (C=O) groups excluding carboxylic acids is 1. The fourth-order valence-corrected chi connectivity index (χ4v) is 2.09. The van der Waals surface area contributed by atoms with Crippen molar-refractivity contribution in [3.8, 4) is 11.8 Å². The minimum Gasteiger partial charge on any atom is -0.395 e. The minimum atomic E-state index is -1.09. The zero-order valence-electron chi connectivity index (χ0n) is 10.7. The summed E-state index contributed by atoms with van der Waals surface area (Å²) in [5, 5.41) is 11.4. The van der Waals surface area contributed by atoms with E-state index < -0.39 is 17.5 Å². The number of carbonyl (C=O) groups is 1. The van der Waals surface area contributed by atoms with Crippen LogP contribution in [0.5, 0.6) is 0 Å². The molecule has 0 aliphatic carbocycles. The third-order valence-corrected chi connectivity index (χ3v) is 3.18. The van der Waals surface area contributed by atoms with Crippen LogP contribution >= 0.6 is 11.3 Å². The maximum atomic E-state index is 13.0. The van der Waals surface area contributed by atoms with Crippen molar-refractivity contribution in [2.45, 2.75) is 6.42 Å².